The molecule has 0 N–H and O–H groups in total. The van der Waals surface area contributed by atoms with Crippen LogP contribution in [0.1, 0.15) is 15.9 Å². The maximum atomic E-state index is 12.7. The fourth-order valence-corrected chi connectivity index (χ4v) is 3.56. The molecule has 0 atom stereocenters. The zero-order chi connectivity index (χ0) is 17.8. The zero-order valence-corrected chi connectivity index (χ0v) is 15.4. The molecule has 1 aromatic heterocycles. The lowest BCUT2D eigenvalue weighted by Gasteiger charge is -2.34. The van der Waals surface area contributed by atoms with E-state index in [-0.39, 0.29) is 5.91 Å². The monoisotopic (exact) mass is 379 g/mol. The molecule has 132 valence electrons. The summed E-state index contributed by atoms with van der Waals surface area (Å²) in [6.07, 6.45) is 3.60. The van der Waals surface area contributed by atoms with Gasteiger partial charge in [0.15, 0.2) is 5.75 Å². The Morgan fingerprint density at radius 3 is 2.28 bits per heavy atom. The van der Waals surface area contributed by atoms with Gasteiger partial charge < -0.3 is 9.64 Å². The molecular weight excluding hydrogens is 361 g/mol. The fourth-order valence-electron chi connectivity index (χ4n) is 2.92. The van der Waals surface area contributed by atoms with Crippen molar-refractivity contribution in [2.45, 2.75) is 6.54 Å². The van der Waals surface area contributed by atoms with Gasteiger partial charge >= 0.3 is 0 Å². The van der Waals surface area contributed by atoms with Gasteiger partial charge in [0.25, 0.3) is 5.91 Å². The van der Waals surface area contributed by atoms with Gasteiger partial charge in [0, 0.05) is 50.7 Å². The van der Waals surface area contributed by atoms with Crippen LogP contribution in [0.2, 0.25) is 10.0 Å². The number of benzene rings is 1. The van der Waals surface area contributed by atoms with E-state index in [9.17, 15) is 4.79 Å². The molecule has 1 aromatic carbocycles. The Hall–Kier alpha value is -1.82. The average Bonchev–Trinajstić information content (AvgIpc) is 2.62. The number of hydrogen-bond acceptors (Lipinski definition) is 4. The van der Waals surface area contributed by atoms with Crippen LogP contribution < -0.4 is 4.74 Å². The first kappa shape index (κ1) is 18.0. The van der Waals surface area contributed by atoms with Crippen molar-refractivity contribution >= 4 is 29.1 Å². The third-order valence-electron chi connectivity index (χ3n) is 4.26. The molecule has 1 amide bonds. The first-order valence-corrected chi connectivity index (χ1v) is 8.77. The van der Waals surface area contributed by atoms with Gasteiger partial charge in [-0.1, -0.05) is 23.2 Å². The Morgan fingerprint density at radius 1 is 1.12 bits per heavy atom. The van der Waals surface area contributed by atoms with E-state index in [1.54, 1.807) is 24.5 Å². The van der Waals surface area contributed by atoms with E-state index >= 15 is 0 Å². The maximum absolute atomic E-state index is 12.7. The molecule has 0 radical (unpaired) electrons. The normalized spacial score (nSPS) is 15.2. The highest BCUT2D eigenvalue weighted by molar-refractivity contribution is 6.37. The van der Waals surface area contributed by atoms with Crippen molar-refractivity contribution in [3.63, 3.8) is 0 Å². The third-order valence-corrected chi connectivity index (χ3v) is 4.83. The molecule has 3 rings (SSSR count). The number of amides is 1. The van der Waals surface area contributed by atoms with Gasteiger partial charge in [0.1, 0.15) is 0 Å². The molecule has 7 heteroatoms. The standard InChI is InChI=1S/C18H19Cl2N3O2/c1-25-17-15(19)10-14(11-16(17)20)18(24)23-8-6-22(7-9-23)12-13-2-4-21-5-3-13/h2-5,10-11H,6-9,12H2,1H3. The molecule has 1 aliphatic heterocycles. The average molecular weight is 380 g/mol. The van der Waals surface area contributed by atoms with Gasteiger partial charge in [-0.2, -0.15) is 0 Å². The fraction of sp³-hybridized carbons (Fsp3) is 0.333. The van der Waals surface area contributed by atoms with Crippen molar-refractivity contribution < 1.29 is 9.53 Å². The van der Waals surface area contributed by atoms with Crippen LogP contribution in [0.4, 0.5) is 0 Å². The van der Waals surface area contributed by atoms with Gasteiger partial charge in [-0.15, -0.1) is 0 Å². The number of methoxy groups -OCH3 is 1. The summed E-state index contributed by atoms with van der Waals surface area (Å²) in [5, 5.41) is 0.685. The van der Waals surface area contributed by atoms with Crippen molar-refractivity contribution in [3.05, 3.63) is 57.8 Å². The smallest absolute Gasteiger partial charge is 0.254 e. The molecule has 25 heavy (non-hydrogen) atoms. The second kappa shape index (κ2) is 8.04. The Bertz CT molecular complexity index is 724. The summed E-state index contributed by atoms with van der Waals surface area (Å²) in [5.41, 5.74) is 1.71. The largest absolute Gasteiger partial charge is 0.494 e. The molecule has 1 fully saturated rings. The highest BCUT2D eigenvalue weighted by Crippen LogP contribution is 2.34. The minimum absolute atomic E-state index is 0.0602. The molecule has 2 aromatic rings. The summed E-state index contributed by atoms with van der Waals surface area (Å²) in [4.78, 5) is 20.9. The van der Waals surface area contributed by atoms with Gasteiger partial charge in [0.2, 0.25) is 0 Å². The SMILES string of the molecule is COc1c(Cl)cc(C(=O)N2CCN(Cc3ccncc3)CC2)cc1Cl. The van der Waals surface area contributed by atoms with Crippen LogP contribution in [-0.2, 0) is 6.54 Å². The Morgan fingerprint density at radius 2 is 1.72 bits per heavy atom. The minimum atomic E-state index is -0.0602. The van der Waals surface area contributed by atoms with E-state index < -0.39 is 0 Å². The summed E-state index contributed by atoms with van der Waals surface area (Å²) < 4.78 is 5.13. The molecule has 0 spiro atoms. The highest BCUT2D eigenvalue weighted by Gasteiger charge is 2.23. The molecule has 0 saturated carbocycles. The van der Waals surface area contributed by atoms with E-state index in [1.807, 2.05) is 17.0 Å². The molecule has 1 aliphatic rings. The Kier molecular flexibility index (Phi) is 5.78. The first-order valence-electron chi connectivity index (χ1n) is 8.02. The number of pyridine rings is 1. The first-order chi connectivity index (χ1) is 12.1. The number of aromatic nitrogens is 1. The number of ether oxygens (including phenoxy) is 1. The lowest BCUT2D eigenvalue weighted by molar-refractivity contribution is 0.0628. The number of rotatable bonds is 4. The van der Waals surface area contributed by atoms with E-state index in [1.165, 1.54) is 12.7 Å². The van der Waals surface area contributed by atoms with Crippen LogP contribution in [0.15, 0.2) is 36.7 Å². The van der Waals surface area contributed by atoms with Crippen LogP contribution in [0.5, 0.6) is 5.75 Å². The van der Waals surface area contributed by atoms with Crippen LogP contribution in [0.3, 0.4) is 0 Å². The Balaban J connectivity index is 1.62. The number of carbonyl (C=O) groups excluding carboxylic acids is 1. The number of halogens is 2. The van der Waals surface area contributed by atoms with Crippen molar-refractivity contribution in [3.8, 4) is 5.75 Å². The Labute approximate surface area is 157 Å². The van der Waals surface area contributed by atoms with Crippen molar-refractivity contribution in [2.24, 2.45) is 0 Å². The second-order valence-electron chi connectivity index (χ2n) is 5.90. The van der Waals surface area contributed by atoms with Gasteiger partial charge in [-0.05, 0) is 29.8 Å². The van der Waals surface area contributed by atoms with E-state index in [4.69, 9.17) is 27.9 Å². The van der Waals surface area contributed by atoms with Crippen LogP contribution in [0.25, 0.3) is 0 Å². The van der Waals surface area contributed by atoms with Gasteiger partial charge in [0.05, 0.1) is 17.2 Å². The van der Waals surface area contributed by atoms with Gasteiger partial charge in [-0.25, -0.2) is 0 Å². The van der Waals surface area contributed by atoms with E-state index in [0.29, 0.717) is 34.4 Å². The highest BCUT2D eigenvalue weighted by atomic mass is 35.5. The molecule has 0 aliphatic carbocycles. The number of nitrogens with zero attached hydrogens (tertiary/aromatic N) is 3. The maximum Gasteiger partial charge on any atom is 0.254 e. The van der Waals surface area contributed by atoms with Crippen LogP contribution >= 0.6 is 23.2 Å². The van der Waals surface area contributed by atoms with E-state index in [0.717, 1.165) is 19.6 Å². The summed E-state index contributed by atoms with van der Waals surface area (Å²) in [7, 11) is 1.50. The van der Waals surface area contributed by atoms with E-state index in [2.05, 4.69) is 9.88 Å². The lowest BCUT2D eigenvalue weighted by atomic mass is 10.1. The van der Waals surface area contributed by atoms with Crippen LogP contribution in [0, 0.1) is 0 Å². The molecule has 2 heterocycles. The molecule has 5 nitrogen and oxygen atoms in total. The summed E-state index contributed by atoms with van der Waals surface area (Å²) in [6, 6.07) is 7.24. The third kappa shape index (κ3) is 4.24. The molecule has 0 bridgehead atoms. The summed E-state index contributed by atoms with van der Waals surface area (Å²) in [5.74, 6) is 0.331. The summed E-state index contributed by atoms with van der Waals surface area (Å²) in [6.45, 7) is 3.86. The predicted molar refractivity (Wildman–Crippen MR) is 98.4 cm³/mol. The quantitative estimate of drug-likeness (QED) is 0.816. The second-order valence-corrected chi connectivity index (χ2v) is 6.71. The number of piperazine rings is 1. The molecule has 1 saturated heterocycles. The van der Waals surface area contributed by atoms with Crippen LogP contribution in [-0.4, -0.2) is 54.0 Å². The zero-order valence-electron chi connectivity index (χ0n) is 13.9. The van der Waals surface area contributed by atoms with Crippen molar-refractivity contribution in [1.82, 2.24) is 14.8 Å². The number of carbonyl (C=O) groups is 1. The van der Waals surface area contributed by atoms with Crippen molar-refractivity contribution in [2.75, 3.05) is 33.3 Å². The lowest BCUT2D eigenvalue weighted by Crippen LogP contribution is -2.48. The summed E-state index contributed by atoms with van der Waals surface area (Å²) >= 11 is 12.3. The van der Waals surface area contributed by atoms with Gasteiger partial charge in [-0.3, -0.25) is 14.7 Å². The topological polar surface area (TPSA) is 45.7 Å². The number of hydrogen-bond donors (Lipinski definition) is 0. The van der Waals surface area contributed by atoms with Crippen molar-refractivity contribution in [1.29, 1.82) is 0 Å². The predicted octanol–water partition coefficient (Wildman–Crippen LogP) is 3.36. The minimum Gasteiger partial charge on any atom is -0.494 e. The molecular formula is C18H19Cl2N3O2. The molecule has 0 unspecified atom stereocenters.